The lowest BCUT2D eigenvalue weighted by Gasteiger charge is -2.36. The maximum atomic E-state index is 13.4. The van der Waals surface area contributed by atoms with E-state index in [1.807, 2.05) is 6.07 Å². The van der Waals surface area contributed by atoms with Gasteiger partial charge < -0.3 is 19.3 Å². The van der Waals surface area contributed by atoms with Crippen LogP contribution in [0.4, 0.5) is 10.1 Å². The summed E-state index contributed by atoms with van der Waals surface area (Å²) in [6, 6.07) is 11.8. The number of carbonyl (C=O) groups is 1. The second-order valence-electron chi connectivity index (χ2n) is 5.80. The second kappa shape index (κ2) is 7.42. The predicted octanol–water partition coefficient (Wildman–Crippen LogP) is 2.81. The first-order chi connectivity index (χ1) is 12.1. The smallest absolute Gasteiger partial charge is 0.261 e. The zero-order valence-electron chi connectivity index (χ0n) is 14.4. The number of methoxy groups -OCH3 is 2. The van der Waals surface area contributed by atoms with Gasteiger partial charge >= 0.3 is 0 Å². The molecule has 0 N–H and O–H groups in total. The minimum Gasteiger partial charge on any atom is -0.496 e. The van der Waals surface area contributed by atoms with Crippen LogP contribution in [-0.4, -0.2) is 51.2 Å². The van der Waals surface area contributed by atoms with Crippen LogP contribution in [0.2, 0.25) is 0 Å². The van der Waals surface area contributed by atoms with Gasteiger partial charge in [-0.15, -0.1) is 0 Å². The molecule has 2 aromatic carbocycles. The van der Waals surface area contributed by atoms with E-state index in [-0.39, 0.29) is 11.7 Å². The van der Waals surface area contributed by atoms with Crippen molar-refractivity contribution in [3.63, 3.8) is 0 Å². The molecule has 2 aromatic rings. The Hall–Kier alpha value is -2.76. The molecule has 6 heteroatoms. The van der Waals surface area contributed by atoms with Crippen molar-refractivity contribution in [2.45, 2.75) is 0 Å². The van der Waals surface area contributed by atoms with E-state index < -0.39 is 0 Å². The molecule has 1 aliphatic heterocycles. The van der Waals surface area contributed by atoms with Gasteiger partial charge in [0.1, 0.15) is 22.9 Å². The molecule has 0 bridgehead atoms. The Kier molecular flexibility index (Phi) is 5.07. The first-order valence-electron chi connectivity index (χ1n) is 8.15. The average molecular weight is 344 g/mol. The van der Waals surface area contributed by atoms with E-state index in [2.05, 4.69) is 4.90 Å². The zero-order valence-corrected chi connectivity index (χ0v) is 14.4. The Labute approximate surface area is 146 Å². The number of piperazine rings is 1. The average Bonchev–Trinajstić information content (AvgIpc) is 2.66. The van der Waals surface area contributed by atoms with Crippen LogP contribution in [0.1, 0.15) is 10.4 Å². The molecule has 0 aromatic heterocycles. The van der Waals surface area contributed by atoms with Gasteiger partial charge in [-0.1, -0.05) is 12.1 Å². The molecule has 1 saturated heterocycles. The third kappa shape index (κ3) is 3.52. The maximum absolute atomic E-state index is 13.4. The molecule has 1 fully saturated rings. The summed E-state index contributed by atoms with van der Waals surface area (Å²) in [4.78, 5) is 16.8. The summed E-state index contributed by atoms with van der Waals surface area (Å²) in [6.07, 6.45) is 0. The highest BCUT2D eigenvalue weighted by Crippen LogP contribution is 2.30. The summed E-state index contributed by atoms with van der Waals surface area (Å²) < 4.78 is 24.0. The molecule has 132 valence electrons. The Morgan fingerprint density at radius 2 is 1.56 bits per heavy atom. The number of ether oxygens (including phenoxy) is 2. The largest absolute Gasteiger partial charge is 0.496 e. The number of hydrogen-bond acceptors (Lipinski definition) is 4. The molecule has 0 aliphatic carbocycles. The monoisotopic (exact) mass is 344 g/mol. The molecule has 0 spiro atoms. The highest BCUT2D eigenvalue weighted by molar-refractivity contribution is 5.99. The molecule has 0 unspecified atom stereocenters. The number of carbonyl (C=O) groups excluding carboxylic acids is 1. The van der Waals surface area contributed by atoms with Crippen LogP contribution in [0.15, 0.2) is 42.5 Å². The van der Waals surface area contributed by atoms with Crippen LogP contribution in [0.3, 0.4) is 0 Å². The Balaban J connectivity index is 1.74. The molecule has 25 heavy (non-hydrogen) atoms. The number of nitrogens with zero attached hydrogens (tertiary/aromatic N) is 2. The Morgan fingerprint density at radius 3 is 2.12 bits per heavy atom. The van der Waals surface area contributed by atoms with Crippen molar-refractivity contribution >= 4 is 11.6 Å². The van der Waals surface area contributed by atoms with Crippen LogP contribution in [-0.2, 0) is 0 Å². The van der Waals surface area contributed by atoms with Gasteiger partial charge in [-0.05, 0) is 30.3 Å². The summed E-state index contributed by atoms with van der Waals surface area (Å²) in [5.41, 5.74) is 1.27. The van der Waals surface area contributed by atoms with Gasteiger partial charge in [-0.25, -0.2) is 4.39 Å². The molecule has 1 heterocycles. The second-order valence-corrected chi connectivity index (χ2v) is 5.80. The van der Waals surface area contributed by atoms with E-state index in [1.54, 1.807) is 29.2 Å². The lowest BCUT2D eigenvalue weighted by molar-refractivity contribution is 0.0739. The Morgan fingerprint density at radius 1 is 0.960 bits per heavy atom. The predicted molar refractivity (Wildman–Crippen MR) is 94.1 cm³/mol. The first-order valence-corrected chi connectivity index (χ1v) is 8.15. The lowest BCUT2D eigenvalue weighted by atomic mass is 10.1. The molecule has 0 radical (unpaired) electrons. The van der Waals surface area contributed by atoms with E-state index in [9.17, 15) is 9.18 Å². The molecule has 1 aliphatic rings. The SMILES string of the molecule is COc1cccc(OC)c1C(=O)N1CCN(c2cccc(F)c2)CC1. The van der Waals surface area contributed by atoms with Gasteiger partial charge in [-0.3, -0.25) is 4.79 Å². The van der Waals surface area contributed by atoms with Crippen molar-refractivity contribution in [1.29, 1.82) is 0 Å². The topological polar surface area (TPSA) is 42.0 Å². The fourth-order valence-corrected chi connectivity index (χ4v) is 3.06. The van der Waals surface area contributed by atoms with Gasteiger partial charge in [0.2, 0.25) is 0 Å². The molecule has 0 saturated carbocycles. The number of hydrogen-bond donors (Lipinski definition) is 0. The van der Waals surface area contributed by atoms with Crippen LogP contribution in [0.5, 0.6) is 11.5 Å². The number of benzene rings is 2. The summed E-state index contributed by atoms with van der Waals surface area (Å²) in [5.74, 6) is 0.622. The van der Waals surface area contributed by atoms with Crippen molar-refractivity contribution in [3.8, 4) is 11.5 Å². The molecule has 1 amide bonds. The first kappa shape index (κ1) is 17.1. The minimum absolute atomic E-state index is 0.117. The Bertz CT molecular complexity index is 736. The van der Waals surface area contributed by atoms with Crippen LogP contribution >= 0.6 is 0 Å². The normalized spacial score (nSPS) is 14.4. The molecule has 3 rings (SSSR count). The number of anilines is 1. The van der Waals surface area contributed by atoms with Crippen LogP contribution in [0, 0.1) is 5.82 Å². The summed E-state index contributed by atoms with van der Waals surface area (Å²) in [7, 11) is 3.07. The van der Waals surface area contributed by atoms with Crippen molar-refractivity contribution in [2.75, 3.05) is 45.3 Å². The standard InChI is InChI=1S/C19H21FN2O3/c1-24-16-7-4-8-17(25-2)18(16)19(23)22-11-9-21(10-12-22)15-6-3-5-14(20)13-15/h3-8,13H,9-12H2,1-2H3. The highest BCUT2D eigenvalue weighted by atomic mass is 19.1. The highest BCUT2D eigenvalue weighted by Gasteiger charge is 2.27. The fraction of sp³-hybridized carbons (Fsp3) is 0.316. The van der Waals surface area contributed by atoms with E-state index in [0.29, 0.717) is 43.2 Å². The zero-order chi connectivity index (χ0) is 17.8. The van der Waals surface area contributed by atoms with Crippen molar-refractivity contribution in [1.82, 2.24) is 4.90 Å². The van der Waals surface area contributed by atoms with Gasteiger partial charge in [0.25, 0.3) is 5.91 Å². The van der Waals surface area contributed by atoms with E-state index >= 15 is 0 Å². The summed E-state index contributed by atoms with van der Waals surface area (Å²) in [6.45, 7) is 2.40. The summed E-state index contributed by atoms with van der Waals surface area (Å²) in [5, 5.41) is 0. The van der Waals surface area contributed by atoms with Gasteiger partial charge in [-0.2, -0.15) is 0 Å². The fourth-order valence-electron chi connectivity index (χ4n) is 3.06. The van der Waals surface area contributed by atoms with E-state index in [4.69, 9.17) is 9.47 Å². The number of amides is 1. The van der Waals surface area contributed by atoms with Gasteiger partial charge in [0.15, 0.2) is 0 Å². The number of halogens is 1. The van der Waals surface area contributed by atoms with E-state index in [0.717, 1.165) is 5.69 Å². The van der Waals surface area contributed by atoms with Gasteiger partial charge in [0, 0.05) is 31.9 Å². The number of rotatable bonds is 4. The van der Waals surface area contributed by atoms with Crippen molar-refractivity contribution in [2.24, 2.45) is 0 Å². The molecule has 0 atom stereocenters. The molecule has 5 nitrogen and oxygen atoms in total. The molecular weight excluding hydrogens is 323 g/mol. The van der Waals surface area contributed by atoms with Crippen LogP contribution < -0.4 is 14.4 Å². The minimum atomic E-state index is -0.255. The van der Waals surface area contributed by atoms with Crippen molar-refractivity contribution < 1.29 is 18.7 Å². The molecular formula is C19H21FN2O3. The van der Waals surface area contributed by atoms with E-state index in [1.165, 1.54) is 26.4 Å². The quantitative estimate of drug-likeness (QED) is 0.855. The third-order valence-corrected chi connectivity index (χ3v) is 4.38. The van der Waals surface area contributed by atoms with Gasteiger partial charge in [0.05, 0.1) is 14.2 Å². The lowest BCUT2D eigenvalue weighted by Crippen LogP contribution is -2.49. The summed E-state index contributed by atoms with van der Waals surface area (Å²) >= 11 is 0. The third-order valence-electron chi connectivity index (χ3n) is 4.38. The maximum Gasteiger partial charge on any atom is 0.261 e. The van der Waals surface area contributed by atoms with Crippen molar-refractivity contribution in [3.05, 3.63) is 53.8 Å². The van der Waals surface area contributed by atoms with Crippen LogP contribution in [0.25, 0.3) is 0 Å².